The summed E-state index contributed by atoms with van der Waals surface area (Å²) < 4.78 is 219. The molecule has 3 N–H and O–H groups in total. The van der Waals surface area contributed by atoms with E-state index < -0.39 is 46.3 Å². The lowest BCUT2D eigenvalue weighted by molar-refractivity contribution is -0.0516. The summed E-state index contributed by atoms with van der Waals surface area (Å²) in [6.45, 7) is -17.1. The smallest absolute Gasteiger partial charge is 0.387 e. The Morgan fingerprint density at radius 2 is 0.581 bits per heavy atom. The Morgan fingerprint density at radius 3 is 0.899 bits per heavy atom. The van der Waals surface area contributed by atoms with E-state index in [2.05, 4.69) is 135 Å². The third-order valence-corrected chi connectivity index (χ3v) is 26.2. The normalized spacial score (nSPS) is 11.0. The highest BCUT2D eigenvalue weighted by atomic mass is 79.9. The van der Waals surface area contributed by atoms with Crippen LogP contribution in [0.2, 0.25) is 20.1 Å². The second-order valence-electron chi connectivity index (χ2n) is 29.9. The van der Waals surface area contributed by atoms with Crippen molar-refractivity contribution in [3.05, 3.63) is 370 Å². The summed E-state index contributed by atoms with van der Waals surface area (Å²) in [5.74, 6) is 0.00473. The number of ether oxygens (including phenoxy) is 7. The lowest BCUT2D eigenvalue weighted by Crippen LogP contribution is -2.20. The first kappa shape index (κ1) is 119. The summed E-state index contributed by atoms with van der Waals surface area (Å²) >= 11 is 43.2. The third-order valence-electron chi connectivity index (χ3n) is 21.1. The SMILES string of the molecule is C=Cc1cccc(OC(F)F)c1Cn1c2cc(Cl)ccc2c(=O)n1C.Cn1c(=O)c2ccc(Cl)cc2n1Cc1c(Br)cccc1OC(F)F.Cn1c(=O)c2ccc(Cl)cc2n1Cc1c(C=O)cccc1OC(F)F.Cn1c(=O)c2ccc(Cl)cc2n1Cc1c(CO)cccc1OC(F)F.FC(F)Oc1cccc(Br)c1CBr.O=Cc1c(Br)cccc1OC(F)F.O=Cc1c(O)cccc1Br.OCc1c(Br)cccc1OC(F)F. The van der Waals surface area contributed by atoms with Crippen LogP contribution in [-0.4, -0.2) is 118 Å². The summed E-state index contributed by atoms with van der Waals surface area (Å²) in [4.78, 5) is 81.5. The van der Waals surface area contributed by atoms with Crippen molar-refractivity contribution in [3.63, 3.8) is 0 Å². The molecule has 4 heterocycles. The van der Waals surface area contributed by atoms with Crippen molar-refractivity contribution in [2.24, 2.45) is 28.2 Å². The van der Waals surface area contributed by atoms with Crippen molar-refractivity contribution in [3.8, 4) is 46.0 Å². The molecule has 0 aliphatic heterocycles. The van der Waals surface area contributed by atoms with Gasteiger partial charge in [0.05, 0.1) is 94.1 Å². The monoisotopic (exact) mass is 2530 g/mol. The third kappa shape index (κ3) is 31.5. The van der Waals surface area contributed by atoms with Gasteiger partial charge in [0.2, 0.25) is 0 Å². The molecule has 0 aliphatic rings. The number of rotatable bonds is 29. The van der Waals surface area contributed by atoms with Gasteiger partial charge >= 0.3 is 46.3 Å². The van der Waals surface area contributed by atoms with Gasteiger partial charge in [-0.05, 0) is 195 Å². The number of aromatic nitrogens is 8. The number of carbonyl (C=O) groups is 3. The molecule has 0 atom stereocenters. The lowest BCUT2D eigenvalue weighted by atomic mass is 10.1. The van der Waals surface area contributed by atoms with Gasteiger partial charge in [-0.1, -0.05) is 190 Å². The molecule has 0 saturated carbocycles. The van der Waals surface area contributed by atoms with E-state index in [4.69, 9.17) is 56.6 Å². The lowest BCUT2D eigenvalue weighted by Gasteiger charge is -2.16. The van der Waals surface area contributed by atoms with Crippen molar-refractivity contribution >= 4 is 211 Å². The fourth-order valence-electron chi connectivity index (χ4n) is 14.3. The average molecular weight is 2540 g/mol. The number of phenolic OH excluding ortho intramolecular Hbond substituents is 1. The average Bonchev–Trinajstić information content (AvgIpc) is 1.63. The van der Waals surface area contributed by atoms with Gasteiger partial charge in [-0.3, -0.25) is 71.0 Å². The number of benzene rings is 12. The van der Waals surface area contributed by atoms with Crippen LogP contribution in [0.4, 0.5) is 61.5 Å². The summed E-state index contributed by atoms with van der Waals surface area (Å²) in [7, 11) is 6.35. The molecule has 12 aromatic carbocycles. The van der Waals surface area contributed by atoms with E-state index in [1.807, 2.05) is 0 Å². The highest BCUT2D eigenvalue weighted by Crippen LogP contribution is 2.38. The maximum Gasteiger partial charge on any atom is 0.387 e. The van der Waals surface area contributed by atoms with Crippen molar-refractivity contribution in [1.29, 1.82) is 0 Å². The molecule has 4 aromatic heterocycles. The predicted molar refractivity (Wildman–Crippen MR) is 554 cm³/mol. The van der Waals surface area contributed by atoms with Crippen LogP contribution in [0.1, 0.15) is 75.6 Å². The zero-order chi connectivity index (χ0) is 109. The topological polar surface area (TPSA) is 284 Å². The summed E-state index contributed by atoms with van der Waals surface area (Å²) in [5, 5.41) is 31.6. The molecule has 784 valence electrons. The first-order chi connectivity index (χ1) is 70.3. The van der Waals surface area contributed by atoms with Crippen LogP contribution in [-0.2, 0) is 72.9 Å². The van der Waals surface area contributed by atoms with Crippen LogP contribution in [0.15, 0.2) is 267 Å². The number of hydrogen-bond donors (Lipinski definition) is 3. The molecule has 49 heteroatoms. The number of aliphatic hydroxyl groups excluding tert-OH is 2. The van der Waals surface area contributed by atoms with Crippen LogP contribution in [0.3, 0.4) is 0 Å². The number of hydrogen-bond acceptors (Lipinski definition) is 17. The summed E-state index contributed by atoms with van der Waals surface area (Å²) in [6, 6.07) is 56.7. The Morgan fingerprint density at radius 1 is 0.318 bits per heavy atom. The largest absolute Gasteiger partial charge is 0.507 e. The van der Waals surface area contributed by atoms with Gasteiger partial charge in [0, 0.05) is 115 Å². The number of aromatic hydroxyl groups is 1. The quantitative estimate of drug-likeness (QED) is 0.0223. The Balaban J connectivity index is 0.000000192. The van der Waals surface area contributed by atoms with E-state index in [1.54, 1.807) is 199 Å². The number of alkyl halides is 15. The van der Waals surface area contributed by atoms with E-state index in [0.29, 0.717) is 150 Å². The van der Waals surface area contributed by atoms with Crippen LogP contribution < -0.4 is 55.4 Å². The first-order valence-corrected chi connectivity index (χ1v) is 48.7. The van der Waals surface area contributed by atoms with Crippen molar-refractivity contribution < 1.29 is 124 Å². The van der Waals surface area contributed by atoms with Crippen molar-refractivity contribution in [2.45, 2.75) is 91.0 Å². The number of carbonyl (C=O) groups excluding carboxylic acids is 3. The zero-order valence-corrected chi connectivity index (χ0v) is 89.0. The minimum absolute atomic E-state index is 0.00405. The van der Waals surface area contributed by atoms with Gasteiger partial charge in [-0.2, -0.15) is 61.5 Å². The van der Waals surface area contributed by atoms with Crippen LogP contribution >= 0.6 is 142 Å². The molecular weight excluding hydrogens is 2460 g/mol. The van der Waals surface area contributed by atoms with Gasteiger partial charge in [-0.15, -0.1) is 0 Å². The van der Waals surface area contributed by atoms with Gasteiger partial charge < -0.3 is 48.5 Å². The number of nitrogens with zero attached hydrogens (tertiary/aromatic N) is 8. The second-order valence-corrected chi connectivity index (χ2v) is 36.4. The van der Waals surface area contributed by atoms with E-state index in [0.717, 1.165) is 4.47 Å². The Bertz CT molecular complexity index is 7410. The Labute approximate surface area is 900 Å². The Hall–Kier alpha value is -12.2. The van der Waals surface area contributed by atoms with Gasteiger partial charge in [0.25, 0.3) is 22.2 Å². The summed E-state index contributed by atoms with van der Waals surface area (Å²) in [5.41, 5.74) is 5.77. The molecule has 0 radical (unpaired) electrons. The van der Waals surface area contributed by atoms with E-state index in [9.17, 15) is 100 Å². The summed E-state index contributed by atoms with van der Waals surface area (Å²) in [6.07, 6.45) is 3.19. The molecular formula is C99H78Br6Cl4F14N8O17. The fourth-order valence-corrected chi connectivity index (χ4v) is 18.2. The van der Waals surface area contributed by atoms with Gasteiger partial charge in [0.15, 0.2) is 18.9 Å². The fraction of sp³-hybridized carbons (Fsp3) is 0.182. The molecule has 0 aliphatic carbocycles. The maximum atomic E-state index is 12.7. The first-order valence-electron chi connectivity index (χ1n) is 42.1. The van der Waals surface area contributed by atoms with E-state index in [-0.39, 0.29) is 124 Å². The minimum Gasteiger partial charge on any atom is -0.507 e. The molecule has 0 bridgehead atoms. The van der Waals surface area contributed by atoms with Gasteiger partial charge in [-0.25, -0.2) is 0 Å². The van der Waals surface area contributed by atoms with Crippen LogP contribution in [0, 0.1) is 0 Å². The molecule has 0 amide bonds. The standard InChI is InChI=1S/C18H15ClF2N2O2.C17H15ClF2N2O3.C17H13ClF2N2O3.C16H12BrClF2N2O2.C8H6Br2F2O.C8H7BrF2O2.C8H5BrF2O2.C7H5BrO2/c1-3-11-5-4-6-16(25-18(20)21)14(11)10-23-15-9-12(19)7-8-13(15)17(24)22(23)2;2*1-21-16(24)12-6-5-11(18)7-14(12)22(21)8-13-10(9-23)3-2-4-15(13)25-17(19)20;1-21-15(23)10-6-5-9(18)7-13(10)22(21)8-11-12(17)3-2-4-14(11)24-16(19)20;9-4-5-6(10)2-1-3-7(5)13-8(11)12;2*9-6-2-1-3-7(5(6)4-12)13-8(10)11;8-6-2-1-3-7(10)5(6)4-9/h3-9,18H,1,10H2,2H3;2-7,17,23H,8-9H2,1H3;2-7,9,17H,8H2,1H3;2-7,16H,8H2,1H3;1-3,8H,4H2;1-3,8,12H,4H2;1-4,8H;1-4,10H. The predicted octanol–water partition coefficient (Wildman–Crippen LogP) is 26.6. The van der Waals surface area contributed by atoms with Crippen molar-refractivity contribution in [1.82, 2.24) is 37.5 Å². The Kier molecular flexibility index (Phi) is 45.5. The molecule has 16 aromatic rings. The molecule has 0 saturated heterocycles. The van der Waals surface area contributed by atoms with E-state index >= 15 is 0 Å². The minimum atomic E-state index is -3.03. The number of phenols is 1. The molecule has 0 spiro atoms. The molecule has 25 nitrogen and oxygen atoms in total. The zero-order valence-electron chi connectivity index (χ0n) is 76.5. The van der Waals surface area contributed by atoms with Gasteiger partial charge in [0.1, 0.15) is 46.0 Å². The maximum absolute atomic E-state index is 12.7. The number of fused-ring (bicyclic) bond motifs is 4. The highest BCUT2D eigenvalue weighted by molar-refractivity contribution is 9.11. The number of halogens is 24. The number of aliphatic hydroxyl groups is 2. The van der Waals surface area contributed by atoms with E-state index in [1.165, 1.54) is 91.5 Å². The van der Waals surface area contributed by atoms with Crippen molar-refractivity contribution in [2.75, 3.05) is 0 Å². The number of aldehydes is 3. The molecule has 0 unspecified atom stereocenters. The molecule has 148 heavy (non-hydrogen) atoms. The van der Waals surface area contributed by atoms with Crippen LogP contribution in [0.25, 0.3) is 49.7 Å². The molecule has 16 rings (SSSR count). The van der Waals surface area contributed by atoms with Crippen LogP contribution in [0.5, 0.6) is 46.0 Å². The highest BCUT2D eigenvalue weighted by Gasteiger charge is 2.26. The molecule has 0 fully saturated rings. The second kappa shape index (κ2) is 56.5.